The highest BCUT2D eigenvalue weighted by Crippen LogP contribution is 2.47. The summed E-state index contributed by atoms with van der Waals surface area (Å²) in [5.74, 6) is -1.26. The van der Waals surface area contributed by atoms with Crippen LogP contribution in [0.4, 0.5) is 13.2 Å². The van der Waals surface area contributed by atoms with E-state index in [9.17, 15) is 27.9 Å². The third-order valence-corrected chi connectivity index (χ3v) is 7.15. The van der Waals surface area contributed by atoms with Crippen LogP contribution in [0.25, 0.3) is 0 Å². The molecule has 2 aliphatic carbocycles. The Morgan fingerprint density at radius 1 is 1.17 bits per heavy atom. The van der Waals surface area contributed by atoms with E-state index in [0.29, 0.717) is 28.6 Å². The van der Waals surface area contributed by atoms with Crippen molar-refractivity contribution >= 4 is 11.8 Å². The maximum Gasteiger partial charge on any atom is 0.406 e. The van der Waals surface area contributed by atoms with Gasteiger partial charge in [0.05, 0.1) is 18.6 Å². The van der Waals surface area contributed by atoms with Crippen LogP contribution in [0, 0.1) is 5.92 Å². The Bertz CT molecular complexity index is 961. The molecule has 4 rings (SSSR count). The van der Waals surface area contributed by atoms with Gasteiger partial charge in [-0.2, -0.15) is 13.2 Å². The van der Waals surface area contributed by atoms with Gasteiger partial charge in [0, 0.05) is 24.1 Å². The van der Waals surface area contributed by atoms with E-state index in [1.165, 1.54) is 6.08 Å². The first-order chi connectivity index (χ1) is 16.7. The van der Waals surface area contributed by atoms with Crippen molar-refractivity contribution in [2.24, 2.45) is 5.92 Å². The van der Waals surface area contributed by atoms with E-state index in [2.05, 4.69) is 5.32 Å². The fourth-order valence-corrected chi connectivity index (χ4v) is 5.51. The normalized spacial score (nSPS) is 25.9. The number of hydrogen-bond acceptors (Lipinski definition) is 5. The summed E-state index contributed by atoms with van der Waals surface area (Å²) in [6.07, 6.45) is -1.44. The Labute approximate surface area is 201 Å². The van der Waals surface area contributed by atoms with Crippen molar-refractivity contribution in [2.45, 2.75) is 68.9 Å². The molecule has 0 bridgehead atoms. The van der Waals surface area contributed by atoms with Crippen LogP contribution in [0.1, 0.15) is 50.0 Å². The van der Waals surface area contributed by atoms with E-state index in [1.807, 2.05) is 0 Å². The van der Waals surface area contributed by atoms with Crippen molar-refractivity contribution in [3.8, 4) is 5.75 Å². The predicted octanol–water partition coefficient (Wildman–Crippen LogP) is 2.67. The van der Waals surface area contributed by atoms with Crippen molar-refractivity contribution in [1.82, 2.24) is 10.2 Å². The summed E-state index contributed by atoms with van der Waals surface area (Å²) >= 11 is 0. The lowest BCUT2D eigenvalue weighted by atomic mass is 9.77. The highest BCUT2D eigenvalue weighted by Gasteiger charge is 2.51. The van der Waals surface area contributed by atoms with Crippen LogP contribution in [-0.2, 0) is 9.59 Å². The van der Waals surface area contributed by atoms with E-state index >= 15 is 0 Å². The lowest BCUT2D eigenvalue weighted by Crippen LogP contribution is -2.57. The molecule has 1 saturated carbocycles. The molecule has 3 aliphatic rings. The summed E-state index contributed by atoms with van der Waals surface area (Å²) in [6, 6.07) is 5.48. The van der Waals surface area contributed by atoms with E-state index in [4.69, 9.17) is 9.84 Å². The summed E-state index contributed by atoms with van der Waals surface area (Å²) in [7, 11) is 0. The number of carbonyl (C=O) groups excluding carboxylic acids is 2. The number of benzene rings is 1. The van der Waals surface area contributed by atoms with Crippen LogP contribution < -0.4 is 10.1 Å². The number of aliphatic hydroxyl groups excluding tert-OH is 2. The molecule has 4 atom stereocenters. The number of carbonyl (C=O) groups is 2. The highest BCUT2D eigenvalue weighted by molar-refractivity contribution is 5.96. The van der Waals surface area contributed by atoms with Gasteiger partial charge in [0.25, 0.3) is 0 Å². The number of aliphatic hydroxyl groups is 2. The second kappa shape index (κ2) is 10.6. The lowest BCUT2D eigenvalue weighted by Gasteiger charge is -2.41. The number of ether oxygens (including phenoxy) is 1. The molecule has 0 radical (unpaired) electrons. The van der Waals surface area contributed by atoms with Gasteiger partial charge < -0.3 is 25.2 Å². The van der Waals surface area contributed by atoms with Crippen molar-refractivity contribution < 1.29 is 37.7 Å². The number of para-hydroxylation sites is 1. The average molecular weight is 497 g/mol. The van der Waals surface area contributed by atoms with Crippen molar-refractivity contribution in [1.29, 1.82) is 0 Å². The van der Waals surface area contributed by atoms with Crippen molar-refractivity contribution in [2.75, 3.05) is 19.7 Å². The number of amides is 2. The number of hydrogen-bond donors (Lipinski definition) is 3. The molecule has 7 nitrogen and oxygen atoms in total. The van der Waals surface area contributed by atoms with Gasteiger partial charge in [-0.05, 0) is 24.5 Å². The monoisotopic (exact) mass is 496 g/mol. The minimum absolute atomic E-state index is 0.0458. The second-order valence-corrected chi connectivity index (χ2v) is 9.51. The summed E-state index contributed by atoms with van der Waals surface area (Å²) in [4.78, 5) is 26.7. The zero-order valence-corrected chi connectivity index (χ0v) is 19.3. The first kappa shape index (κ1) is 25.5. The third-order valence-electron chi connectivity index (χ3n) is 7.15. The molecule has 10 heteroatoms. The number of nitrogens with zero attached hydrogens (tertiary/aromatic N) is 1. The molecule has 1 aromatic carbocycles. The molecule has 0 saturated heterocycles. The number of fused-ring (bicyclic) bond motifs is 3. The summed E-state index contributed by atoms with van der Waals surface area (Å²) in [5, 5.41) is 22.8. The predicted molar refractivity (Wildman–Crippen MR) is 121 cm³/mol. The van der Waals surface area contributed by atoms with Gasteiger partial charge in [0.2, 0.25) is 11.8 Å². The minimum atomic E-state index is -4.69. The number of rotatable bonds is 8. The van der Waals surface area contributed by atoms with Crippen LogP contribution in [0.3, 0.4) is 0 Å². The Balaban J connectivity index is 1.67. The average Bonchev–Trinajstić information content (AvgIpc) is 3.48. The molecule has 1 aromatic rings. The van der Waals surface area contributed by atoms with Crippen LogP contribution in [0.2, 0.25) is 0 Å². The van der Waals surface area contributed by atoms with E-state index in [-0.39, 0.29) is 25.1 Å². The first-order valence-electron chi connectivity index (χ1n) is 12.1. The van der Waals surface area contributed by atoms with Crippen molar-refractivity contribution in [3.63, 3.8) is 0 Å². The zero-order valence-electron chi connectivity index (χ0n) is 19.3. The summed E-state index contributed by atoms with van der Waals surface area (Å²) in [6.45, 7) is -1.90. The molecule has 192 valence electrons. The number of halogens is 3. The fraction of sp³-hybridized carbons (Fsp3) is 0.600. The van der Waals surface area contributed by atoms with E-state index in [0.717, 1.165) is 25.7 Å². The van der Waals surface area contributed by atoms with E-state index in [1.54, 1.807) is 24.3 Å². The third kappa shape index (κ3) is 5.64. The Morgan fingerprint density at radius 2 is 1.89 bits per heavy atom. The topological polar surface area (TPSA) is 99.1 Å². The quantitative estimate of drug-likeness (QED) is 0.514. The van der Waals surface area contributed by atoms with Gasteiger partial charge in [-0.3, -0.25) is 9.59 Å². The molecule has 4 unspecified atom stereocenters. The maximum absolute atomic E-state index is 13.6. The number of nitrogens with one attached hydrogen (secondary N) is 1. The molecule has 2 amide bonds. The second-order valence-electron chi connectivity index (χ2n) is 9.51. The Kier molecular flexibility index (Phi) is 7.70. The highest BCUT2D eigenvalue weighted by atomic mass is 19.4. The Hall–Kier alpha value is -2.59. The maximum atomic E-state index is 13.6. The fourth-order valence-electron chi connectivity index (χ4n) is 5.51. The van der Waals surface area contributed by atoms with Gasteiger partial charge in [0.15, 0.2) is 0 Å². The lowest BCUT2D eigenvalue weighted by molar-refractivity contribution is -0.170. The molecule has 1 aliphatic heterocycles. The molecule has 0 spiro atoms. The first-order valence-corrected chi connectivity index (χ1v) is 12.1. The standard InChI is InChI=1S/C25H31F3N2O5/c26-25(27,28)14-30(20(32)10-9-15-5-1-2-6-15)18-13-17(24(34)29-11-12-31)21-16-7-3-4-8-19(16)35-23(21)22(18)33/h3-4,7-8,13,15,18,21-23,31,33H,1-2,5-6,9-12,14H2,(H,29,34). The summed E-state index contributed by atoms with van der Waals surface area (Å²) in [5.41, 5.74) is 0.745. The SMILES string of the molecule is O=C(NCCO)C1=CC(N(CC(F)(F)F)C(=O)CCC2CCCC2)C(O)C2Oc3ccccc3C12. The molecular weight excluding hydrogens is 465 g/mol. The molecule has 35 heavy (non-hydrogen) atoms. The van der Waals surface area contributed by atoms with Gasteiger partial charge in [-0.15, -0.1) is 0 Å². The van der Waals surface area contributed by atoms with Crippen LogP contribution >= 0.6 is 0 Å². The van der Waals surface area contributed by atoms with Gasteiger partial charge >= 0.3 is 6.18 Å². The molecular formula is C25H31F3N2O5. The van der Waals surface area contributed by atoms with Gasteiger partial charge in [-0.1, -0.05) is 43.9 Å². The van der Waals surface area contributed by atoms with Gasteiger partial charge in [0.1, 0.15) is 24.5 Å². The molecule has 0 aromatic heterocycles. The molecule has 3 N–H and O–H groups in total. The van der Waals surface area contributed by atoms with Crippen LogP contribution in [0.15, 0.2) is 35.9 Å². The molecule has 1 fully saturated rings. The smallest absolute Gasteiger partial charge is 0.406 e. The Morgan fingerprint density at radius 3 is 2.57 bits per heavy atom. The summed E-state index contributed by atoms with van der Waals surface area (Å²) < 4.78 is 46.6. The van der Waals surface area contributed by atoms with Gasteiger partial charge in [-0.25, -0.2) is 0 Å². The van der Waals surface area contributed by atoms with Crippen molar-refractivity contribution in [3.05, 3.63) is 41.5 Å². The number of alkyl halides is 3. The van der Waals surface area contributed by atoms with Crippen LogP contribution in [-0.4, -0.2) is 71.0 Å². The largest absolute Gasteiger partial charge is 0.486 e. The van der Waals surface area contributed by atoms with Crippen LogP contribution in [0.5, 0.6) is 5.75 Å². The molecule has 1 heterocycles. The van der Waals surface area contributed by atoms with E-state index < -0.39 is 48.7 Å². The minimum Gasteiger partial charge on any atom is -0.486 e. The zero-order chi connectivity index (χ0) is 25.2.